The van der Waals surface area contributed by atoms with E-state index in [1.807, 2.05) is 0 Å². The first-order valence-electron chi connectivity index (χ1n) is 8.92. The molecule has 1 saturated heterocycles. The van der Waals surface area contributed by atoms with E-state index in [2.05, 4.69) is 4.72 Å². The maximum absolute atomic E-state index is 13.0. The number of ether oxygens (including phenoxy) is 3. The smallest absolute Gasteiger partial charge is 0.308 e. The number of benzene rings is 1. The van der Waals surface area contributed by atoms with Gasteiger partial charge in [-0.3, -0.25) is 14.3 Å². The Hall–Kier alpha value is -2.33. The Morgan fingerprint density at radius 2 is 2.11 bits per heavy atom. The van der Waals surface area contributed by atoms with E-state index in [9.17, 15) is 18.0 Å². The van der Waals surface area contributed by atoms with Crippen molar-refractivity contribution < 1.29 is 32.2 Å². The van der Waals surface area contributed by atoms with E-state index in [1.54, 1.807) is 18.0 Å². The van der Waals surface area contributed by atoms with Gasteiger partial charge in [0.25, 0.3) is 5.91 Å². The van der Waals surface area contributed by atoms with Crippen LogP contribution in [0.25, 0.3) is 0 Å². The Morgan fingerprint density at radius 3 is 2.79 bits per heavy atom. The van der Waals surface area contributed by atoms with Crippen LogP contribution < -0.4 is 9.46 Å². The maximum atomic E-state index is 13.0. The van der Waals surface area contributed by atoms with Crippen molar-refractivity contribution in [2.75, 3.05) is 31.7 Å². The number of carbonyl (C=O) groups is 2. The van der Waals surface area contributed by atoms with Crippen molar-refractivity contribution in [3.05, 3.63) is 23.8 Å². The summed E-state index contributed by atoms with van der Waals surface area (Å²) in [4.78, 5) is 26.1. The summed E-state index contributed by atoms with van der Waals surface area (Å²) in [5.74, 6) is -0.263. The Morgan fingerprint density at radius 1 is 1.36 bits per heavy atom. The average Bonchev–Trinajstić information content (AvgIpc) is 2.63. The molecule has 2 aliphatic heterocycles. The summed E-state index contributed by atoms with van der Waals surface area (Å²) < 4.78 is 41.8. The number of likely N-dealkylation sites (N-methyl/N-ethyl adjacent to an activating group) is 1. The van der Waals surface area contributed by atoms with E-state index >= 15 is 0 Å². The fraction of sp³-hybridized carbons (Fsp3) is 0.556. The fourth-order valence-electron chi connectivity index (χ4n) is 3.57. The first kappa shape index (κ1) is 20.4. The monoisotopic (exact) mass is 412 g/mol. The SMILES string of the molecule is COC(=O)C[C@@H]1CC[C@@H]2[C@H](COc3ccc(NS(C)(=O)=O)cc3C(=O)N2C)O1. The Balaban J connectivity index is 1.82. The zero-order valence-electron chi connectivity index (χ0n) is 16.0. The Labute approximate surface area is 164 Å². The highest BCUT2D eigenvalue weighted by Gasteiger charge is 2.39. The number of rotatable bonds is 4. The van der Waals surface area contributed by atoms with Gasteiger partial charge >= 0.3 is 5.97 Å². The lowest BCUT2D eigenvalue weighted by Crippen LogP contribution is -2.53. The van der Waals surface area contributed by atoms with Crippen molar-refractivity contribution in [1.29, 1.82) is 0 Å². The molecule has 1 fully saturated rings. The van der Waals surface area contributed by atoms with E-state index in [4.69, 9.17) is 14.2 Å². The van der Waals surface area contributed by atoms with Gasteiger partial charge < -0.3 is 19.1 Å². The molecule has 1 aromatic rings. The lowest BCUT2D eigenvalue weighted by Gasteiger charge is -2.42. The van der Waals surface area contributed by atoms with E-state index in [-0.39, 0.29) is 48.7 Å². The van der Waals surface area contributed by atoms with Gasteiger partial charge in [-0.15, -0.1) is 0 Å². The number of hydrogen-bond acceptors (Lipinski definition) is 7. The van der Waals surface area contributed by atoms with Crippen LogP contribution in [0.5, 0.6) is 5.75 Å². The lowest BCUT2D eigenvalue weighted by atomic mass is 9.94. The summed E-state index contributed by atoms with van der Waals surface area (Å²) in [5.41, 5.74) is 0.577. The highest BCUT2D eigenvalue weighted by atomic mass is 32.2. The minimum absolute atomic E-state index is 0.161. The predicted octanol–water partition coefficient (Wildman–Crippen LogP) is 1.00. The van der Waals surface area contributed by atoms with Crippen LogP contribution in [0, 0.1) is 0 Å². The van der Waals surface area contributed by atoms with Crippen LogP contribution in [0.2, 0.25) is 0 Å². The van der Waals surface area contributed by atoms with E-state index in [0.29, 0.717) is 24.3 Å². The van der Waals surface area contributed by atoms with Crippen LogP contribution >= 0.6 is 0 Å². The minimum Gasteiger partial charge on any atom is -0.490 e. The van der Waals surface area contributed by atoms with Gasteiger partial charge in [0.05, 0.1) is 37.5 Å². The van der Waals surface area contributed by atoms with Crippen LogP contribution in [0.4, 0.5) is 5.69 Å². The quantitative estimate of drug-likeness (QED) is 0.735. The van der Waals surface area contributed by atoms with Crippen LogP contribution in [0.1, 0.15) is 29.6 Å². The molecule has 0 radical (unpaired) electrons. The topological polar surface area (TPSA) is 111 Å². The summed E-state index contributed by atoms with van der Waals surface area (Å²) in [6.45, 7) is 0.214. The number of nitrogens with one attached hydrogen (secondary N) is 1. The van der Waals surface area contributed by atoms with Crippen molar-refractivity contribution in [2.24, 2.45) is 0 Å². The van der Waals surface area contributed by atoms with Gasteiger partial charge in [-0.25, -0.2) is 8.42 Å². The number of sulfonamides is 1. The summed E-state index contributed by atoms with van der Waals surface area (Å²) in [7, 11) is -0.435. The fourth-order valence-corrected chi connectivity index (χ4v) is 4.13. The average molecular weight is 412 g/mol. The van der Waals surface area contributed by atoms with Gasteiger partial charge in [0, 0.05) is 12.7 Å². The molecule has 1 aromatic carbocycles. The molecule has 0 spiro atoms. The third kappa shape index (κ3) is 4.56. The van der Waals surface area contributed by atoms with Gasteiger partial charge in [-0.05, 0) is 31.0 Å². The normalized spacial score (nSPS) is 24.9. The van der Waals surface area contributed by atoms with Crippen LogP contribution in [0.15, 0.2) is 18.2 Å². The number of esters is 1. The third-order valence-electron chi connectivity index (χ3n) is 4.94. The first-order valence-corrected chi connectivity index (χ1v) is 10.8. The molecule has 0 saturated carbocycles. The second-order valence-electron chi connectivity index (χ2n) is 7.03. The molecule has 154 valence electrons. The van der Waals surface area contributed by atoms with Gasteiger partial charge in [0.15, 0.2) is 0 Å². The van der Waals surface area contributed by atoms with Crippen molar-refractivity contribution in [2.45, 2.75) is 37.5 Å². The molecule has 1 N–H and O–H groups in total. The molecule has 28 heavy (non-hydrogen) atoms. The summed E-state index contributed by atoms with van der Waals surface area (Å²) >= 11 is 0. The number of amides is 1. The summed E-state index contributed by atoms with van der Waals surface area (Å²) in [6.07, 6.45) is 1.84. The predicted molar refractivity (Wildman–Crippen MR) is 101 cm³/mol. The van der Waals surface area contributed by atoms with E-state index < -0.39 is 10.0 Å². The first-order chi connectivity index (χ1) is 13.2. The molecular formula is C18H24N2O7S. The molecular weight excluding hydrogens is 388 g/mol. The van der Waals surface area contributed by atoms with Crippen molar-refractivity contribution in [3.63, 3.8) is 0 Å². The molecule has 10 heteroatoms. The summed E-state index contributed by atoms with van der Waals surface area (Å²) in [6, 6.07) is 4.36. The van der Waals surface area contributed by atoms with Gasteiger partial charge in [0.1, 0.15) is 18.5 Å². The molecule has 0 aliphatic carbocycles. The number of anilines is 1. The van der Waals surface area contributed by atoms with Crippen molar-refractivity contribution >= 4 is 27.6 Å². The highest BCUT2D eigenvalue weighted by molar-refractivity contribution is 7.92. The molecule has 1 amide bonds. The zero-order chi connectivity index (χ0) is 20.5. The van der Waals surface area contributed by atoms with E-state index in [0.717, 1.165) is 6.26 Å². The molecule has 3 atom stereocenters. The number of nitrogens with zero attached hydrogens (tertiary/aromatic N) is 1. The highest BCUT2D eigenvalue weighted by Crippen LogP contribution is 2.32. The third-order valence-corrected chi connectivity index (χ3v) is 5.54. The van der Waals surface area contributed by atoms with E-state index in [1.165, 1.54) is 19.2 Å². The molecule has 2 aliphatic rings. The van der Waals surface area contributed by atoms with Gasteiger partial charge in [0.2, 0.25) is 10.0 Å². The standard InChI is InChI=1S/C18H24N2O7S/c1-20-14-6-5-12(9-17(21)25-2)27-16(14)10-26-15-7-4-11(19-28(3,23)24)8-13(15)18(20)22/h4,7-8,12,14,16,19H,5-6,9-10H2,1-3H3/t12-,14+,16-/m0/s1. The van der Waals surface area contributed by atoms with Crippen molar-refractivity contribution in [1.82, 2.24) is 4.90 Å². The zero-order valence-corrected chi connectivity index (χ0v) is 16.8. The molecule has 3 rings (SSSR count). The second-order valence-corrected chi connectivity index (χ2v) is 8.78. The molecule has 0 bridgehead atoms. The minimum atomic E-state index is -3.46. The Kier molecular flexibility index (Phi) is 5.80. The second kappa shape index (κ2) is 7.96. The number of carbonyl (C=O) groups excluding carboxylic acids is 2. The number of hydrogen-bond donors (Lipinski definition) is 1. The molecule has 0 aromatic heterocycles. The Bertz CT molecular complexity index is 871. The largest absolute Gasteiger partial charge is 0.490 e. The van der Waals surface area contributed by atoms with Crippen molar-refractivity contribution in [3.8, 4) is 5.75 Å². The van der Waals surface area contributed by atoms with Crippen LogP contribution in [-0.4, -0.2) is 70.5 Å². The number of fused-ring (bicyclic) bond motifs is 2. The number of methoxy groups -OCH3 is 1. The molecule has 0 unspecified atom stereocenters. The van der Waals surface area contributed by atoms with Gasteiger partial charge in [-0.2, -0.15) is 0 Å². The van der Waals surface area contributed by atoms with Crippen LogP contribution in [-0.2, 0) is 24.3 Å². The molecule has 2 heterocycles. The molecule has 9 nitrogen and oxygen atoms in total. The maximum Gasteiger partial charge on any atom is 0.308 e. The summed E-state index contributed by atoms with van der Waals surface area (Å²) in [5, 5.41) is 0. The van der Waals surface area contributed by atoms with Crippen LogP contribution in [0.3, 0.4) is 0 Å². The lowest BCUT2D eigenvalue weighted by molar-refractivity contribution is -0.151. The van der Waals surface area contributed by atoms with Gasteiger partial charge in [-0.1, -0.05) is 0 Å².